The SMILES string of the molecule is Cc1ccc(NC(=O)N2CCC(n3c(-c4ccco4)nc4cccnc43)C2)cc1. The van der Waals surface area contributed by atoms with E-state index in [0.717, 1.165) is 34.7 Å². The first kappa shape index (κ1) is 17.5. The maximum absolute atomic E-state index is 12.7. The summed E-state index contributed by atoms with van der Waals surface area (Å²) in [7, 11) is 0. The lowest BCUT2D eigenvalue weighted by Gasteiger charge is -2.19. The van der Waals surface area contributed by atoms with E-state index in [4.69, 9.17) is 9.40 Å². The van der Waals surface area contributed by atoms with Crippen molar-refractivity contribution in [2.75, 3.05) is 18.4 Å². The molecule has 0 spiro atoms. The first-order valence-electron chi connectivity index (χ1n) is 9.68. The van der Waals surface area contributed by atoms with E-state index in [1.54, 1.807) is 12.5 Å². The van der Waals surface area contributed by atoms with Crippen LogP contribution < -0.4 is 5.32 Å². The van der Waals surface area contributed by atoms with Gasteiger partial charge in [-0.3, -0.25) is 0 Å². The van der Waals surface area contributed by atoms with Crippen molar-refractivity contribution in [3.8, 4) is 11.6 Å². The number of urea groups is 1. The number of hydrogen-bond donors (Lipinski definition) is 1. The summed E-state index contributed by atoms with van der Waals surface area (Å²) >= 11 is 0. The number of anilines is 1. The van der Waals surface area contributed by atoms with Crippen molar-refractivity contribution in [3.63, 3.8) is 0 Å². The second-order valence-corrected chi connectivity index (χ2v) is 7.31. The van der Waals surface area contributed by atoms with Gasteiger partial charge in [-0.05, 0) is 49.7 Å². The molecule has 146 valence electrons. The highest BCUT2D eigenvalue weighted by atomic mass is 16.3. The molecule has 7 heteroatoms. The Labute approximate surface area is 168 Å². The molecule has 3 aromatic heterocycles. The summed E-state index contributed by atoms with van der Waals surface area (Å²) in [6.45, 7) is 3.29. The van der Waals surface area contributed by atoms with Gasteiger partial charge in [-0.2, -0.15) is 0 Å². The second-order valence-electron chi connectivity index (χ2n) is 7.31. The zero-order valence-electron chi connectivity index (χ0n) is 16.1. The Bertz CT molecular complexity index is 1150. The molecule has 2 amide bonds. The smallest absolute Gasteiger partial charge is 0.321 e. The van der Waals surface area contributed by atoms with E-state index in [1.807, 2.05) is 60.4 Å². The molecule has 1 aromatic carbocycles. The van der Waals surface area contributed by atoms with Crippen LogP contribution >= 0.6 is 0 Å². The van der Waals surface area contributed by atoms with Gasteiger partial charge in [0.05, 0.1) is 12.3 Å². The van der Waals surface area contributed by atoms with Crippen LogP contribution in [0.25, 0.3) is 22.7 Å². The zero-order chi connectivity index (χ0) is 19.8. The summed E-state index contributed by atoms with van der Waals surface area (Å²) < 4.78 is 7.71. The molecule has 0 radical (unpaired) electrons. The van der Waals surface area contributed by atoms with Crippen LogP contribution in [0.4, 0.5) is 10.5 Å². The van der Waals surface area contributed by atoms with Gasteiger partial charge < -0.3 is 19.2 Å². The highest BCUT2D eigenvalue weighted by molar-refractivity contribution is 5.89. The van der Waals surface area contributed by atoms with Gasteiger partial charge >= 0.3 is 6.03 Å². The van der Waals surface area contributed by atoms with Gasteiger partial charge in [-0.15, -0.1) is 0 Å². The highest BCUT2D eigenvalue weighted by Crippen LogP contribution is 2.32. The Hall–Kier alpha value is -3.61. The van der Waals surface area contributed by atoms with E-state index in [9.17, 15) is 4.79 Å². The summed E-state index contributed by atoms with van der Waals surface area (Å²) in [4.78, 5) is 23.9. The molecule has 0 aliphatic carbocycles. The molecule has 7 nitrogen and oxygen atoms in total. The molecule has 1 aliphatic heterocycles. The van der Waals surface area contributed by atoms with Gasteiger partial charge in [-0.25, -0.2) is 14.8 Å². The number of carbonyl (C=O) groups excluding carboxylic acids is 1. The lowest BCUT2D eigenvalue weighted by molar-refractivity contribution is 0.221. The van der Waals surface area contributed by atoms with E-state index in [1.165, 1.54) is 0 Å². The Kier molecular flexibility index (Phi) is 4.27. The fourth-order valence-electron chi connectivity index (χ4n) is 3.83. The predicted octanol–water partition coefficient (Wildman–Crippen LogP) is 4.48. The van der Waals surface area contributed by atoms with E-state index in [0.29, 0.717) is 18.8 Å². The standard InChI is InChI=1S/C22H21N5O2/c1-15-6-8-16(9-7-15)24-22(28)26-12-10-17(14-26)27-20-18(4-2-11-23-20)25-21(27)19-5-3-13-29-19/h2-9,11,13,17H,10,12,14H2,1H3,(H,24,28). The lowest BCUT2D eigenvalue weighted by Crippen LogP contribution is -2.33. The van der Waals surface area contributed by atoms with Gasteiger partial charge in [0.2, 0.25) is 0 Å². The monoisotopic (exact) mass is 387 g/mol. The molecule has 5 rings (SSSR count). The number of amides is 2. The average molecular weight is 387 g/mol. The molecular formula is C22H21N5O2. The maximum Gasteiger partial charge on any atom is 0.321 e. The number of pyridine rings is 1. The minimum atomic E-state index is -0.0896. The number of fused-ring (bicyclic) bond motifs is 1. The Morgan fingerprint density at radius 2 is 2.03 bits per heavy atom. The second kappa shape index (κ2) is 7.09. The number of likely N-dealkylation sites (tertiary alicyclic amines) is 1. The van der Waals surface area contributed by atoms with Crippen LogP contribution in [-0.4, -0.2) is 38.6 Å². The first-order chi connectivity index (χ1) is 14.2. The number of furan rings is 1. The number of hydrogen-bond acceptors (Lipinski definition) is 4. The quantitative estimate of drug-likeness (QED) is 0.562. The maximum atomic E-state index is 12.7. The van der Waals surface area contributed by atoms with Crippen molar-refractivity contribution < 1.29 is 9.21 Å². The zero-order valence-corrected chi connectivity index (χ0v) is 16.1. The van der Waals surface area contributed by atoms with Gasteiger partial charge in [0.15, 0.2) is 17.2 Å². The summed E-state index contributed by atoms with van der Waals surface area (Å²) in [5, 5.41) is 2.98. The summed E-state index contributed by atoms with van der Waals surface area (Å²) in [6, 6.07) is 15.4. The molecule has 1 atom stereocenters. The third-order valence-corrected chi connectivity index (χ3v) is 5.31. The number of carbonyl (C=O) groups is 1. The third-order valence-electron chi connectivity index (χ3n) is 5.31. The van der Waals surface area contributed by atoms with Gasteiger partial charge in [0, 0.05) is 25.0 Å². The molecule has 0 bridgehead atoms. The van der Waals surface area contributed by atoms with Crippen LogP contribution in [-0.2, 0) is 0 Å². The molecule has 0 saturated carbocycles. The third kappa shape index (κ3) is 3.24. The van der Waals surface area contributed by atoms with E-state index >= 15 is 0 Å². The van der Waals surface area contributed by atoms with Crippen LogP contribution in [0, 0.1) is 6.92 Å². The van der Waals surface area contributed by atoms with Crippen LogP contribution in [0.1, 0.15) is 18.0 Å². The fourth-order valence-corrected chi connectivity index (χ4v) is 3.83. The molecule has 29 heavy (non-hydrogen) atoms. The average Bonchev–Trinajstić information content (AvgIpc) is 3.48. The van der Waals surface area contributed by atoms with Crippen LogP contribution in [0.5, 0.6) is 0 Å². The summed E-state index contributed by atoms with van der Waals surface area (Å²) in [6.07, 6.45) is 4.24. The lowest BCUT2D eigenvalue weighted by atomic mass is 10.2. The Morgan fingerprint density at radius 3 is 2.83 bits per heavy atom. The number of aryl methyl sites for hydroxylation is 1. The summed E-state index contributed by atoms with van der Waals surface area (Å²) in [5.74, 6) is 1.44. The molecule has 4 aromatic rings. The topological polar surface area (TPSA) is 76.2 Å². The van der Waals surface area contributed by atoms with Crippen LogP contribution in [0.15, 0.2) is 65.4 Å². The van der Waals surface area contributed by atoms with E-state index in [2.05, 4.69) is 14.9 Å². The minimum Gasteiger partial charge on any atom is -0.461 e. The van der Waals surface area contributed by atoms with Crippen molar-refractivity contribution in [2.24, 2.45) is 0 Å². The molecular weight excluding hydrogens is 366 g/mol. The highest BCUT2D eigenvalue weighted by Gasteiger charge is 2.31. The van der Waals surface area contributed by atoms with Crippen LogP contribution in [0.3, 0.4) is 0 Å². The molecule has 4 heterocycles. The number of aromatic nitrogens is 3. The van der Waals surface area contributed by atoms with Crippen LogP contribution in [0.2, 0.25) is 0 Å². The molecule has 1 saturated heterocycles. The van der Waals surface area contributed by atoms with Crippen molar-refractivity contribution in [3.05, 3.63) is 66.6 Å². The van der Waals surface area contributed by atoms with Crippen molar-refractivity contribution in [2.45, 2.75) is 19.4 Å². The normalized spacial score (nSPS) is 16.4. The predicted molar refractivity (Wildman–Crippen MR) is 111 cm³/mol. The van der Waals surface area contributed by atoms with Gasteiger partial charge in [-0.1, -0.05) is 17.7 Å². The molecule has 1 N–H and O–H groups in total. The molecule has 1 unspecified atom stereocenters. The Balaban J connectivity index is 1.41. The van der Waals surface area contributed by atoms with Crippen molar-refractivity contribution in [1.82, 2.24) is 19.4 Å². The van der Waals surface area contributed by atoms with E-state index in [-0.39, 0.29) is 12.1 Å². The number of rotatable bonds is 3. The largest absolute Gasteiger partial charge is 0.461 e. The van der Waals surface area contributed by atoms with Crippen molar-refractivity contribution in [1.29, 1.82) is 0 Å². The summed E-state index contributed by atoms with van der Waals surface area (Å²) in [5.41, 5.74) is 3.59. The number of benzene rings is 1. The number of imidazole rings is 1. The number of nitrogens with zero attached hydrogens (tertiary/aromatic N) is 4. The fraction of sp³-hybridized carbons (Fsp3) is 0.227. The molecule has 1 fully saturated rings. The first-order valence-corrected chi connectivity index (χ1v) is 9.68. The Morgan fingerprint density at radius 1 is 1.17 bits per heavy atom. The van der Waals surface area contributed by atoms with Gasteiger partial charge in [0.1, 0.15) is 5.52 Å². The van der Waals surface area contributed by atoms with Crippen molar-refractivity contribution >= 4 is 22.9 Å². The number of nitrogens with one attached hydrogen (secondary N) is 1. The van der Waals surface area contributed by atoms with E-state index < -0.39 is 0 Å². The molecule has 1 aliphatic rings. The minimum absolute atomic E-state index is 0.0822. The van der Waals surface area contributed by atoms with Gasteiger partial charge in [0.25, 0.3) is 0 Å².